The van der Waals surface area contributed by atoms with E-state index < -0.39 is 23.6 Å². The first kappa shape index (κ1) is 43.1. The molecule has 0 unspecified atom stereocenters. The zero-order chi connectivity index (χ0) is 45.7. The number of likely N-dealkylation sites (tertiary alicyclic amines) is 1. The molecule has 4 aromatic heterocycles. The largest absolute Gasteiger partial charge is 0.494 e. The molecule has 6 aromatic rings. The van der Waals surface area contributed by atoms with Crippen LogP contribution in [0.15, 0.2) is 36.4 Å². The number of primary amides is 2. The van der Waals surface area contributed by atoms with Gasteiger partial charge in [-0.1, -0.05) is 12.2 Å². The van der Waals surface area contributed by atoms with Crippen LogP contribution >= 0.6 is 0 Å². The SMILES string of the molecule is CCn1nc(C)c2c1C(=O)Nc1nc3cc(C(N)=O)cc(OCCN4CCC5(CCOCC5)C4)c3n1C/C=C/Cn1c(nc3cc(C(N)=O)cc(OC)c31)NC(=O)c1n(CC)nc(C)[n+]1-2. The number of benzene rings is 2. The smallest absolute Gasteiger partial charge is 0.331 e. The maximum atomic E-state index is 14.9. The summed E-state index contributed by atoms with van der Waals surface area (Å²) in [5.41, 5.74) is 14.9. The number of fused-ring (bicyclic) bond motifs is 9. The maximum Gasteiger partial charge on any atom is 0.331 e. The third-order valence-electron chi connectivity index (χ3n) is 12.7. The number of nitrogens with zero attached hydrogens (tertiary/aromatic N) is 10. The molecule has 3 aliphatic rings. The van der Waals surface area contributed by atoms with Gasteiger partial charge in [0.15, 0.2) is 11.4 Å². The number of carbonyl (C=O) groups excluding carboxylic acids is 4. The molecule has 21 heteroatoms. The van der Waals surface area contributed by atoms with E-state index in [4.69, 9.17) is 45.8 Å². The lowest BCUT2D eigenvalue weighted by atomic mass is 9.80. The Balaban J connectivity index is 1.19. The van der Waals surface area contributed by atoms with E-state index in [2.05, 4.69) is 15.5 Å². The molecule has 9 rings (SSSR count). The average molecular weight is 890 g/mol. The molecule has 2 saturated heterocycles. The van der Waals surface area contributed by atoms with E-state index in [1.54, 1.807) is 50.5 Å². The molecule has 3 aliphatic heterocycles. The Bertz CT molecular complexity index is 2930. The third kappa shape index (κ3) is 7.73. The van der Waals surface area contributed by atoms with E-state index in [1.165, 1.54) is 13.2 Å². The summed E-state index contributed by atoms with van der Waals surface area (Å²) in [4.78, 5) is 66.7. The number of allylic oxidation sites excluding steroid dienone is 2. The van der Waals surface area contributed by atoms with E-state index in [0.29, 0.717) is 77.0 Å². The molecule has 1 spiro atoms. The van der Waals surface area contributed by atoms with Crippen molar-refractivity contribution >= 4 is 57.6 Å². The van der Waals surface area contributed by atoms with Crippen LogP contribution in [0.1, 0.15) is 86.5 Å². The van der Waals surface area contributed by atoms with Crippen molar-refractivity contribution in [3.8, 4) is 17.2 Å². The lowest BCUT2D eigenvalue weighted by Gasteiger charge is -2.33. The first-order valence-corrected chi connectivity index (χ1v) is 21.8. The number of nitrogens with two attached hydrogens (primary N) is 2. The summed E-state index contributed by atoms with van der Waals surface area (Å²) in [6.45, 7) is 12.7. The molecule has 0 radical (unpaired) electrons. The number of hydrogen-bond donors (Lipinski definition) is 4. The molecule has 6 N–H and O–H groups in total. The van der Waals surface area contributed by atoms with Crippen molar-refractivity contribution in [3.63, 3.8) is 0 Å². The molecule has 2 fully saturated rings. The Kier molecular flexibility index (Phi) is 11.4. The minimum absolute atomic E-state index is 0.105. The van der Waals surface area contributed by atoms with Gasteiger partial charge in [-0.05, 0) is 76.3 Å². The summed E-state index contributed by atoms with van der Waals surface area (Å²) in [6, 6.07) is 6.28. The van der Waals surface area contributed by atoms with Gasteiger partial charge < -0.3 is 34.8 Å². The van der Waals surface area contributed by atoms with Gasteiger partial charge in [0, 0.05) is 69.1 Å². The highest BCUT2D eigenvalue weighted by Gasteiger charge is 2.40. The number of anilines is 2. The first-order chi connectivity index (χ1) is 31.3. The van der Waals surface area contributed by atoms with E-state index in [1.807, 2.05) is 30.6 Å². The number of rotatable bonds is 9. The molecule has 340 valence electrons. The molecular weight excluding hydrogens is 837 g/mol. The highest BCUT2D eigenvalue weighted by atomic mass is 16.5. The second kappa shape index (κ2) is 17.1. The summed E-state index contributed by atoms with van der Waals surface area (Å²) in [7, 11) is 1.47. The molecule has 2 aromatic carbocycles. The number of hydrogen-bond acceptors (Lipinski definition) is 12. The van der Waals surface area contributed by atoms with Crippen LogP contribution in [0.25, 0.3) is 27.8 Å². The highest BCUT2D eigenvalue weighted by molar-refractivity contribution is 6.07. The predicted molar refractivity (Wildman–Crippen MR) is 238 cm³/mol. The van der Waals surface area contributed by atoms with Gasteiger partial charge >= 0.3 is 11.7 Å². The second-order valence-corrected chi connectivity index (χ2v) is 16.7. The summed E-state index contributed by atoms with van der Waals surface area (Å²) in [5.74, 6) is -0.913. The molecule has 0 atom stereocenters. The summed E-state index contributed by atoms with van der Waals surface area (Å²) in [6.07, 6.45) is 6.95. The number of aryl methyl sites for hydroxylation is 4. The number of aromatic nitrogens is 9. The van der Waals surface area contributed by atoms with Crippen LogP contribution in [0.5, 0.6) is 11.5 Å². The normalized spacial score (nSPS) is 17.1. The Labute approximate surface area is 373 Å². The molecule has 7 heterocycles. The summed E-state index contributed by atoms with van der Waals surface area (Å²) >= 11 is 0. The zero-order valence-corrected chi connectivity index (χ0v) is 37.1. The van der Waals surface area contributed by atoms with E-state index >= 15 is 0 Å². The number of imidazole rings is 2. The van der Waals surface area contributed by atoms with Gasteiger partial charge in [0.25, 0.3) is 11.7 Å². The molecule has 65 heavy (non-hydrogen) atoms. The van der Waals surface area contributed by atoms with Crippen LogP contribution in [0, 0.1) is 19.3 Å². The fourth-order valence-corrected chi connectivity index (χ4v) is 9.49. The van der Waals surface area contributed by atoms with E-state index in [0.717, 1.165) is 45.6 Å². The topological polar surface area (TPSA) is 250 Å². The molecule has 21 nitrogen and oxygen atoms in total. The second-order valence-electron chi connectivity index (χ2n) is 16.7. The van der Waals surface area contributed by atoms with Gasteiger partial charge in [0.2, 0.25) is 23.7 Å². The monoisotopic (exact) mass is 889 g/mol. The number of amides is 4. The van der Waals surface area contributed by atoms with Crippen molar-refractivity contribution in [1.82, 2.24) is 43.6 Å². The quantitative estimate of drug-likeness (QED) is 0.121. The minimum Gasteiger partial charge on any atom is -0.494 e. The van der Waals surface area contributed by atoms with E-state index in [-0.39, 0.29) is 53.0 Å². The fourth-order valence-electron chi connectivity index (χ4n) is 9.49. The Morgan fingerprint density at radius 3 is 2.03 bits per heavy atom. The first-order valence-electron chi connectivity index (χ1n) is 21.8. The van der Waals surface area contributed by atoms with Crippen molar-refractivity contribution in [2.75, 3.05) is 57.2 Å². The lowest BCUT2D eigenvalue weighted by molar-refractivity contribution is -0.606. The third-order valence-corrected chi connectivity index (χ3v) is 12.7. The number of nitrogens with one attached hydrogen (secondary N) is 2. The molecule has 0 bridgehead atoms. The fraction of sp³-hybridized carbons (Fsp3) is 0.432. The van der Waals surface area contributed by atoms with Crippen molar-refractivity contribution in [2.24, 2.45) is 16.9 Å². The zero-order valence-electron chi connectivity index (χ0n) is 37.1. The van der Waals surface area contributed by atoms with Crippen LogP contribution in [0.2, 0.25) is 0 Å². The molecule has 0 aliphatic carbocycles. The van der Waals surface area contributed by atoms with Gasteiger partial charge in [0.1, 0.15) is 35.7 Å². The van der Waals surface area contributed by atoms with Crippen molar-refractivity contribution in [3.05, 3.63) is 70.6 Å². The number of carbonyl (C=O) groups is 4. The van der Waals surface area contributed by atoms with Crippen LogP contribution < -0.4 is 36.1 Å². The van der Waals surface area contributed by atoms with Gasteiger partial charge in [-0.15, -0.1) is 4.68 Å². The summed E-state index contributed by atoms with van der Waals surface area (Å²) in [5, 5.41) is 15.5. The standard InChI is InChI=1S/C44H52N14O7/c1-6-56-36-33(25(3)51-56)58-26(4)52-57(7-2)41(58)40(62)50-43-47-29-20-27(37(45)59)22-31(63-5)34(29)54(43)13-8-9-14-55-35-30(48-42(55)49-39(36)61)21-28(38(46)60)23-32(35)65-19-16-53-15-10-44(24-53)11-17-64-18-12-44/h8-9,20-23H,6-7,10-19,24H2,1-5H3,(H5-,45,46,47,48,49,50,59,60,61,62)/p+1/b9-8+. The predicted octanol–water partition coefficient (Wildman–Crippen LogP) is 2.87. The summed E-state index contributed by atoms with van der Waals surface area (Å²) < 4.78 is 26.3. The Morgan fingerprint density at radius 1 is 0.831 bits per heavy atom. The number of methoxy groups -OCH3 is 1. The van der Waals surface area contributed by atoms with Gasteiger partial charge in [-0.25, -0.2) is 9.97 Å². The van der Waals surface area contributed by atoms with Crippen molar-refractivity contribution in [2.45, 2.75) is 73.1 Å². The molecule has 4 amide bonds. The minimum atomic E-state index is -0.671. The van der Waals surface area contributed by atoms with E-state index in [9.17, 15) is 19.2 Å². The van der Waals surface area contributed by atoms with Crippen LogP contribution in [-0.4, -0.2) is 114 Å². The van der Waals surface area contributed by atoms with Crippen molar-refractivity contribution in [1.29, 1.82) is 0 Å². The molecule has 0 saturated carbocycles. The maximum absolute atomic E-state index is 14.9. The van der Waals surface area contributed by atoms with Crippen LogP contribution in [0.4, 0.5) is 11.9 Å². The average Bonchev–Trinajstić information content (AvgIpc) is 4.09. The Morgan fingerprint density at radius 2 is 1.43 bits per heavy atom. The van der Waals surface area contributed by atoms with Crippen LogP contribution in [0.3, 0.4) is 0 Å². The van der Waals surface area contributed by atoms with Gasteiger partial charge in [-0.3, -0.25) is 39.4 Å². The Hall–Kier alpha value is -7.13. The van der Waals surface area contributed by atoms with Gasteiger partial charge in [0.05, 0.1) is 23.8 Å². The molecular formula is C44H53N14O7+. The van der Waals surface area contributed by atoms with Gasteiger partial charge in [-0.2, -0.15) is 9.67 Å². The highest BCUT2D eigenvalue weighted by Crippen LogP contribution is 2.40. The van der Waals surface area contributed by atoms with Crippen molar-refractivity contribution < 1.29 is 38.0 Å². The van der Waals surface area contributed by atoms with Crippen LogP contribution in [-0.2, 0) is 30.9 Å². The number of ether oxygens (including phenoxy) is 3. The lowest BCUT2D eigenvalue weighted by Crippen LogP contribution is -2.44.